The van der Waals surface area contributed by atoms with Gasteiger partial charge in [-0.25, -0.2) is 0 Å². The Morgan fingerprint density at radius 3 is 2.89 bits per heavy atom. The van der Waals surface area contributed by atoms with E-state index >= 15 is 0 Å². The van der Waals surface area contributed by atoms with Crippen LogP contribution in [0.1, 0.15) is 31.5 Å². The minimum Gasteiger partial charge on any atom is -0.313 e. The first kappa shape index (κ1) is 13.8. The molecule has 0 spiro atoms. The molecule has 0 atom stereocenters. The number of fused-ring (bicyclic) bond motifs is 1. The number of aromatic nitrogens is 1. The van der Waals surface area contributed by atoms with Gasteiger partial charge in [-0.3, -0.25) is 4.98 Å². The van der Waals surface area contributed by atoms with Crippen LogP contribution in [-0.2, 0) is 0 Å². The van der Waals surface area contributed by atoms with Crippen molar-refractivity contribution < 1.29 is 0 Å². The van der Waals surface area contributed by atoms with E-state index in [2.05, 4.69) is 60.6 Å². The summed E-state index contributed by atoms with van der Waals surface area (Å²) in [4.78, 5) is 4.52. The Balaban J connectivity index is 2.16. The van der Waals surface area contributed by atoms with Gasteiger partial charge >= 0.3 is 0 Å². The molecule has 0 aliphatic heterocycles. The molecule has 0 saturated heterocycles. The molecule has 0 aliphatic rings. The van der Waals surface area contributed by atoms with E-state index < -0.39 is 0 Å². The number of hydrogen-bond acceptors (Lipinski definition) is 2. The maximum Gasteiger partial charge on any atom is 0.0705 e. The van der Waals surface area contributed by atoms with Crippen LogP contribution in [-0.4, -0.2) is 18.1 Å². The molecule has 1 aromatic carbocycles. The van der Waals surface area contributed by atoms with Gasteiger partial charge in [0.2, 0.25) is 0 Å². The van der Waals surface area contributed by atoms with Gasteiger partial charge in [0.25, 0.3) is 0 Å². The molecule has 2 nitrogen and oxygen atoms in total. The van der Waals surface area contributed by atoms with E-state index in [9.17, 15) is 0 Å². The van der Waals surface area contributed by atoms with Crippen molar-refractivity contribution in [3.63, 3.8) is 0 Å². The van der Waals surface area contributed by atoms with Crippen molar-refractivity contribution in [3.05, 3.63) is 47.2 Å². The number of nitrogens with one attached hydrogen (secondary N) is 1. The first-order valence-electron chi connectivity index (χ1n) is 6.94. The van der Waals surface area contributed by atoms with Crippen molar-refractivity contribution >= 4 is 17.0 Å². The lowest BCUT2D eigenvalue weighted by molar-refractivity contribution is 0.715. The molecule has 0 radical (unpaired) electrons. The van der Waals surface area contributed by atoms with Crippen LogP contribution >= 0.6 is 0 Å². The average Bonchev–Trinajstić information content (AvgIpc) is 2.39. The molecule has 0 fully saturated rings. The summed E-state index contributed by atoms with van der Waals surface area (Å²) in [6.07, 6.45) is 3.41. The maximum absolute atomic E-state index is 4.52. The normalized spacial score (nSPS) is 12.1. The van der Waals surface area contributed by atoms with Crippen molar-refractivity contribution in [1.29, 1.82) is 0 Å². The lowest BCUT2D eigenvalue weighted by Crippen LogP contribution is -2.16. The second-order valence-corrected chi connectivity index (χ2v) is 5.07. The van der Waals surface area contributed by atoms with Crippen LogP contribution in [0.5, 0.6) is 0 Å². The number of pyridine rings is 1. The highest BCUT2D eigenvalue weighted by Gasteiger charge is 1.97. The second-order valence-electron chi connectivity index (χ2n) is 5.07. The predicted octanol–water partition coefficient (Wildman–Crippen LogP) is 3.95. The number of nitrogens with zero attached hydrogens (tertiary/aromatic N) is 1. The minimum absolute atomic E-state index is 0.956. The standard InChI is InChI=1S/C17H22N2/c1-4-9-18-12-13(2)10-15-6-8-17-16(11-15)7-5-14(3)19-17/h5-8,10-11,18H,4,9,12H2,1-3H3/b13-10+. The van der Waals surface area contributed by atoms with Crippen LogP contribution in [0.25, 0.3) is 17.0 Å². The Morgan fingerprint density at radius 2 is 2.11 bits per heavy atom. The summed E-state index contributed by atoms with van der Waals surface area (Å²) in [5.41, 5.74) is 4.73. The molecule has 2 aromatic rings. The molecule has 100 valence electrons. The molecule has 0 unspecified atom stereocenters. The van der Waals surface area contributed by atoms with E-state index in [1.165, 1.54) is 22.9 Å². The van der Waals surface area contributed by atoms with E-state index in [4.69, 9.17) is 0 Å². The first-order chi connectivity index (χ1) is 9.19. The van der Waals surface area contributed by atoms with E-state index in [0.29, 0.717) is 0 Å². The molecule has 19 heavy (non-hydrogen) atoms. The van der Waals surface area contributed by atoms with Crippen molar-refractivity contribution in [2.45, 2.75) is 27.2 Å². The molecule has 1 N–H and O–H groups in total. The van der Waals surface area contributed by atoms with Crippen molar-refractivity contribution in [3.8, 4) is 0 Å². The lowest BCUT2D eigenvalue weighted by atomic mass is 10.1. The van der Waals surface area contributed by atoms with Gasteiger partial charge in [-0.15, -0.1) is 0 Å². The number of hydrogen-bond donors (Lipinski definition) is 1. The fourth-order valence-electron chi connectivity index (χ4n) is 2.13. The van der Waals surface area contributed by atoms with Gasteiger partial charge in [0.15, 0.2) is 0 Å². The van der Waals surface area contributed by atoms with Gasteiger partial charge in [-0.1, -0.05) is 30.7 Å². The average molecular weight is 254 g/mol. The molecular formula is C17H22N2. The zero-order valence-corrected chi connectivity index (χ0v) is 12.0. The van der Waals surface area contributed by atoms with Crippen LogP contribution in [0.15, 0.2) is 35.9 Å². The van der Waals surface area contributed by atoms with Crippen molar-refractivity contribution in [1.82, 2.24) is 10.3 Å². The third-order valence-corrected chi connectivity index (χ3v) is 3.10. The van der Waals surface area contributed by atoms with Crippen LogP contribution in [0.3, 0.4) is 0 Å². The predicted molar refractivity (Wildman–Crippen MR) is 83.3 cm³/mol. The monoisotopic (exact) mass is 254 g/mol. The number of aryl methyl sites for hydroxylation is 1. The van der Waals surface area contributed by atoms with Crippen molar-refractivity contribution in [2.75, 3.05) is 13.1 Å². The Hall–Kier alpha value is -1.67. The zero-order valence-electron chi connectivity index (χ0n) is 12.0. The van der Waals surface area contributed by atoms with Crippen LogP contribution < -0.4 is 5.32 Å². The molecule has 0 aliphatic carbocycles. The van der Waals surface area contributed by atoms with Crippen LogP contribution in [0, 0.1) is 6.92 Å². The molecule has 0 amide bonds. The summed E-state index contributed by atoms with van der Waals surface area (Å²) < 4.78 is 0. The molecule has 2 heteroatoms. The second kappa shape index (κ2) is 6.48. The van der Waals surface area contributed by atoms with E-state index in [0.717, 1.165) is 24.3 Å². The smallest absolute Gasteiger partial charge is 0.0705 e. The van der Waals surface area contributed by atoms with Crippen LogP contribution in [0.2, 0.25) is 0 Å². The summed E-state index contributed by atoms with van der Waals surface area (Å²) in [5.74, 6) is 0. The van der Waals surface area contributed by atoms with E-state index in [1.807, 2.05) is 6.92 Å². The molecule has 2 rings (SSSR count). The lowest BCUT2D eigenvalue weighted by Gasteiger charge is -2.04. The molecule has 0 bridgehead atoms. The molecule has 1 heterocycles. The topological polar surface area (TPSA) is 24.9 Å². The fraction of sp³-hybridized carbons (Fsp3) is 0.353. The van der Waals surface area contributed by atoms with Gasteiger partial charge in [0.05, 0.1) is 5.52 Å². The van der Waals surface area contributed by atoms with E-state index in [-0.39, 0.29) is 0 Å². The van der Waals surface area contributed by atoms with Gasteiger partial charge in [-0.2, -0.15) is 0 Å². The quantitative estimate of drug-likeness (QED) is 0.817. The summed E-state index contributed by atoms with van der Waals surface area (Å²) in [5, 5.41) is 4.62. The Bertz CT molecular complexity index is 585. The summed E-state index contributed by atoms with van der Waals surface area (Å²) in [6, 6.07) is 10.6. The summed E-state index contributed by atoms with van der Waals surface area (Å²) >= 11 is 0. The molecular weight excluding hydrogens is 232 g/mol. The number of rotatable bonds is 5. The van der Waals surface area contributed by atoms with Gasteiger partial charge in [-0.05, 0) is 50.6 Å². The Morgan fingerprint density at radius 1 is 1.26 bits per heavy atom. The Labute approximate surface area is 115 Å². The number of benzene rings is 1. The zero-order chi connectivity index (χ0) is 13.7. The highest BCUT2D eigenvalue weighted by atomic mass is 14.8. The Kier molecular flexibility index (Phi) is 4.69. The van der Waals surface area contributed by atoms with E-state index in [1.54, 1.807) is 0 Å². The maximum atomic E-state index is 4.52. The molecule has 1 aromatic heterocycles. The first-order valence-corrected chi connectivity index (χ1v) is 6.94. The third-order valence-electron chi connectivity index (χ3n) is 3.10. The van der Waals surface area contributed by atoms with Gasteiger partial charge < -0.3 is 5.32 Å². The SMILES string of the molecule is CCCNC/C(C)=C/c1ccc2nc(C)ccc2c1. The fourth-order valence-corrected chi connectivity index (χ4v) is 2.13. The highest BCUT2D eigenvalue weighted by Crippen LogP contribution is 2.16. The summed E-state index contributed by atoms with van der Waals surface area (Å²) in [6.45, 7) is 8.41. The minimum atomic E-state index is 0.956. The van der Waals surface area contributed by atoms with Gasteiger partial charge in [0, 0.05) is 17.6 Å². The third kappa shape index (κ3) is 3.90. The molecule has 0 saturated carbocycles. The van der Waals surface area contributed by atoms with Crippen LogP contribution in [0.4, 0.5) is 0 Å². The highest BCUT2D eigenvalue weighted by molar-refractivity contribution is 5.81. The van der Waals surface area contributed by atoms with Gasteiger partial charge in [0.1, 0.15) is 0 Å². The van der Waals surface area contributed by atoms with Crippen molar-refractivity contribution in [2.24, 2.45) is 0 Å². The summed E-state index contributed by atoms with van der Waals surface area (Å²) in [7, 11) is 0. The largest absolute Gasteiger partial charge is 0.313 e.